The van der Waals surface area contributed by atoms with Crippen LogP contribution < -0.4 is 0 Å². The normalized spacial score (nSPS) is 28.9. The largest absolute Gasteiger partial charge is 0.393 e. The van der Waals surface area contributed by atoms with Crippen molar-refractivity contribution in [3.63, 3.8) is 0 Å². The Labute approximate surface area is 129 Å². The molecule has 120 valence electrons. The summed E-state index contributed by atoms with van der Waals surface area (Å²) in [6, 6.07) is 4.27. The number of carbonyl (C=O) groups is 1. The van der Waals surface area contributed by atoms with Crippen molar-refractivity contribution in [2.75, 3.05) is 19.8 Å². The highest BCUT2D eigenvalue weighted by Crippen LogP contribution is 2.31. The first-order valence-electron chi connectivity index (χ1n) is 7.91. The van der Waals surface area contributed by atoms with Crippen molar-refractivity contribution in [2.24, 2.45) is 5.92 Å². The second-order valence-corrected chi connectivity index (χ2v) is 6.26. The monoisotopic (exact) mass is 307 g/mol. The maximum absolute atomic E-state index is 13.2. The maximum atomic E-state index is 13.2. The highest BCUT2D eigenvalue weighted by molar-refractivity contribution is 5.96. The van der Waals surface area contributed by atoms with E-state index in [0.717, 1.165) is 12.8 Å². The Balaban J connectivity index is 1.81. The van der Waals surface area contributed by atoms with Gasteiger partial charge in [-0.15, -0.1) is 0 Å². The van der Waals surface area contributed by atoms with Crippen molar-refractivity contribution >= 4 is 5.91 Å². The standard InChI is InChI=1S/C17H22FNO3/c1-11-9-12(18)4-5-13(11)17(21)19-7-2-3-15(19)14-10-22-8-6-16(14)20/h4-5,9,14-16,20H,2-3,6-8,10H2,1H3/t14-,15+,16-/m0/s1. The number of hydrogen-bond acceptors (Lipinski definition) is 3. The maximum Gasteiger partial charge on any atom is 0.254 e. The SMILES string of the molecule is Cc1cc(F)ccc1C(=O)N1CCC[C@@H]1[C@@H]1COCC[C@@H]1O. The summed E-state index contributed by atoms with van der Waals surface area (Å²) in [6.07, 6.45) is 2.02. The number of nitrogens with zero attached hydrogens (tertiary/aromatic N) is 1. The fourth-order valence-electron chi connectivity index (χ4n) is 3.63. The molecule has 5 heteroatoms. The molecule has 0 bridgehead atoms. The number of halogens is 1. The number of hydrogen-bond donors (Lipinski definition) is 1. The van der Waals surface area contributed by atoms with Crippen molar-refractivity contribution < 1.29 is 19.0 Å². The zero-order valence-electron chi connectivity index (χ0n) is 12.8. The highest BCUT2D eigenvalue weighted by atomic mass is 19.1. The molecule has 1 N–H and O–H groups in total. The Kier molecular flexibility index (Phi) is 4.45. The van der Waals surface area contributed by atoms with Crippen LogP contribution in [0.1, 0.15) is 35.2 Å². The van der Waals surface area contributed by atoms with E-state index in [1.54, 1.807) is 13.0 Å². The third kappa shape index (κ3) is 2.88. The van der Waals surface area contributed by atoms with E-state index in [-0.39, 0.29) is 23.7 Å². The summed E-state index contributed by atoms with van der Waals surface area (Å²) in [7, 11) is 0. The van der Waals surface area contributed by atoms with Crippen LogP contribution in [-0.2, 0) is 4.74 Å². The fourth-order valence-corrected chi connectivity index (χ4v) is 3.63. The van der Waals surface area contributed by atoms with E-state index in [0.29, 0.717) is 37.3 Å². The zero-order valence-corrected chi connectivity index (χ0v) is 12.8. The third-order valence-corrected chi connectivity index (χ3v) is 4.84. The molecule has 2 aliphatic heterocycles. The summed E-state index contributed by atoms with van der Waals surface area (Å²) in [5.41, 5.74) is 1.19. The molecule has 2 saturated heterocycles. The molecule has 2 fully saturated rings. The lowest BCUT2D eigenvalue weighted by Crippen LogP contribution is -2.48. The average molecular weight is 307 g/mol. The van der Waals surface area contributed by atoms with Crippen LogP contribution in [0.5, 0.6) is 0 Å². The molecule has 22 heavy (non-hydrogen) atoms. The summed E-state index contributed by atoms with van der Waals surface area (Å²) in [5, 5.41) is 10.2. The second kappa shape index (κ2) is 6.34. The van der Waals surface area contributed by atoms with Crippen LogP contribution >= 0.6 is 0 Å². The topological polar surface area (TPSA) is 49.8 Å². The Hall–Kier alpha value is -1.46. The second-order valence-electron chi connectivity index (χ2n) is 6.26. The number of likely N-dealkylation sites (tertiary alicyclic amines) is 1. The van der Waals surface area contributed by atoms with Gasteiger partial charge in [0.05, 0.1) is 12.7 Å². The summed E-state index contributed by atoms with van der Waals surface area (Å²) in [4.78, 5) is 14.7. The number of ether oxygens (including phenoxy) is 1. The van der Waals surface area contributed by atoms with Gasteiger partial charge in [0.2, 0.25) is 0 Å². The lowest BCUT2D eigenvalue weighted by atomic mass is 9.89. The number of amides is 1. The molecule has 1 aromatic carbocycles. The van der Waals surface area contributed by atoms with Crippen LogP contribution in [0.2, 0.25) is 0 Å². The number of benzene rings is 1. The Morgan fingerprint density at radius 3 is 2.95 bits per heavy atom. The third-order valence-electron chi connectivity index (χ3n) is 4.84. The number of aliphatic hydroxyl groups is 1. The molecule has 1 amide bonds. The van der Waals surface area contributed by atoms with Gasteiger partial charge in [-0.3, -0.25) is 4.79 Å². The minimum absolute atomic E-state index is 0.00672. The first-order chi connectivity index (χ1) is 10.6. The van der Waals surface area contributed by atoms with Crippen molar-refractivity contribution in [1.82, 2.24) is 4.90 Å². The predicted molar refractivity (Wildman–Crippen MR) is 80.1 cm³/mol. The van der Waals surface area contributed by atoms with Crippen LogP contribution in [-0.4, -0.2) is 47.8 Å². The fraction of sp³-hybridized carbons (Fsp3) is 0.588. The van der Waals surface area contributed by atoms with E-state index >= 15 is 0 Å². The van der Waals surface area contributed by atoms with Crippen LogP contribution in [0, 0.1) is 18.7 Å². The Morgan fingerprint density at radius 1 is 1.41 bits per heavy atom. The van der Waals surface area contributed by atoms with Gasteiger partial charge in [0.15, 0.2) is 0 Å². The van der Waals surface area contributed by atoms with Crippen molar-refractivity contribution in [3.05, 3.63) is 35.1 Å². The number of carbonyl (C=O) groups excluding carboxylic acids is 1. The molecule has 0 radical (unpaired) electrons. The smallest absolute Gasteiger partial charge is 0.254 e. The molecule has 0 spiro atoms. The van der Waals surface area contributed by atoms with E-state index in [2.05, 4.69) is 0 Å². The van der Waals surface area contributed by atoms with Crippen LogP contribution in [0.25, 0.3) is 0 Å². The lowest BCUT2D eigenvalue weighted by Gasteiger charge is -2.37. The van der Waals surface area contributed by atoms with Crippen LogP contribution in [0.15, 0.2) is 18.2 Å². The zero-order chi connectivity index (χ0) is 15.7. The van der Waals surface area contributed by atoms with E-state index < -0.39 is 6.10 Å². The molecule has 0 aliphatic carbocycles. The average Bonchev–Trinajstić information content (AvgIpc) is 2.96. The molecule has 3 atom stereocenters. The molecule has 2 aliphatic rings. The summed E-state index contributed by atoms with van der Waals surface area (Å²) >= 11 is 0. The van der Waals surface area contributed by atoms with Gasteiger partial charge in [-0.1, -0.05) is 0 Å². The molecule has 1 aromatic rings. The summed E-state index contributed by atoms with van der Waals surface area (Å²) in [5.74, 6) is -0.429. The van der Waals surface area contributed by atoms with Crippen LogP contribution in [0.4, 0.5) is 4.39 Å². The molecular weight excluding hydrogens is 285 g/mol. The Morgan fingerprint density at radius 2 is 2.23 bits per heavy atom. The molecular formula is C17H22FNO3. The van der Waals surface area contributed by atoms with Gasteiger partial charge in [-0.05, 0) is 49.9 Å². The lowest BCUT2D eigenvalue weighted by molar-refractivity contribution is -0.0589. The van der Waals surface area contributed by atoms with Crippen molar-refractivity contribution in [2.45, 2.75) is 38.3 Å². The van der Waals surface area contributed by atoms with E-state index in [1.165, 1.54) is 12.1 Å². The van der Waals surface area contributed by atoms with Gasteiger partial charge in [0.25, 0.3) is 5.91 Å². The highest BCUT2D eigenvalue weighted by Gasteiger charge is 2.40. The van der Waals surface area contributed by atoms with E-state index in [4.69, 9.17) is 4.74 Å². The molecule has 0 aromatic heterocycles. The van der Waals surface area contributed by atoms with Crippen molar-refractivity contribution in [1.29, 1.82) is 0 Å². The minimum atomic E-state index is -0.415. The van der Waals surface area contributed by atoms with Gasteiger partial charge < -0.3 is 14.7 Å². The molecule has 0 saturated carbocycles. The first kappa shape index (κ1) is 15.4. The summed E-state index contributed by atoms with van der Waals surface area (Å²) < 4.78 is 18.7. The number of rotatable bonds is 2. The van der Waals surface area contributed by atoms with Gasteiger partial charge in [-0.2, -0.15) is 0 Å². The van der Waals surface area contributed by atoms with Crippen LogP contribution in [0.3, 0.4) is 0 Å². The predicted octanol–water partition coefficient (Wildman–Crippen LogP) is 2.14. The number of aryl methyl sites for hydroxylation is 1. The first-order valence-corrected chi connectivity index (χ1v) is 7.91. The van der Waals surface area contributed by atoms with Gasteiger partial charge in [0.1, 0.15) is 5.82 Å². The minimum Gasteiger partial charge on any atom is -0.393 e. The molecule has 2 heterocycles. The van der Waals surface area contributed by atoms with Gasteiger partial charge >= 0.3 is 0 Å². The molecule has 4 nitrogen and oxygen atoms in total. The Bertz CT molecular complexity index is 563. The number of aliphatic hydroxyl groups excluding tert-OH is 1. The van der Waals surface area contributed by atoms with E-state index in [1.807, 2.05) is 4.90 Å². The van der Waals surface area contributed by atoms with Crippen molar-refractivity contribution in [3.8, 4) is 0 Å². The van der Waals surface area contributed by atoms with Gasteiger partial charge in [-0.25, -0.2) is 4.39 Å². The summed E-state index contributed by atoms with van der Waals surface area (Å²) in [6.45, 7) is 3.51. The van der Waals surface area contributed by atoms with E-state index in [9.17, 15) is 14.3 Å². The molecule has 0 unspecified atom stereocenters. The molecule has 3 rings (SSSR count). The van der Waals surface area contributed by atoms with Gasteiger partial charge in [0, 0.05) is 30.7 Å². The quantitative estimate of drug-likeness (QED) is 0.910.